The van der Waals surface area contributed by atoms with Gasteiger partial charge < -0.3 is 9.29 Å². The Bertz CT molecular complexity index is 477. The first-order valence-electron chi connectivity index (χ1n) is 10.7. The molecule has 0 aliphatic heterocycles. The van der Waals surface area contributed by atoms with E-state index in [9.17, 15) is 13.2 Å². The first-order chi connectivity index (χ1) is 13.0. The van der Waals surface area contributed by atoms with E-state index >= 15 is 0 Å². The van der Waals surface area contributed by atoms with Crippen LogP contribution in [0.4, 0.5) is 0 Å². The Morgan fingerprint density at radius 1 is 0.821 bits per heavy atom. The van der Waals surface area contributed by atoms with Gasteiger partial charge in [0.25, 0.3) is 0 Å². The molecule has 0 aliphatic rings. The van der Waals surface area contributed by atoms with E-state index in [2.05, 4.69) is 23.3 Å². The standard InChI is InChI=1S/C21H40O5S.Na.H/c1-2-3-4-5-6-7-8-9-10-11-12-13-14-15-16-18-21(23)26-27(24,25)20-17-19-22;;/h9-10,22H,2-8,11-20H2,1H3;;/b10-9-;;. The Hall–Kier alpha value is 0.120. The average molecular weight is 429 g/mol. The van der Waals surface area contributed by atoms with Crippen LogP contribution in [-0.2, 0) is 19.1 Å². The van der Waals surface area contributed by atoms with Gasteiger partial charge in [0.05, 0.1) is 5.75 Å². The van der Waals surface area contributed by atoms with Gasteiger partial charge in [-0.2, -0.15) is 8.42 Å². The molecule has 0 atom stereocenters. The molecule has 0 aromatic heterocycles. The molecule has 0 aromatic rings. The molecule has 0 saturated carbocycles. The Morgan fingerprint density at radius 2 is 1.32 bits per heavy atom. The number of aliphatic hydroxyl groups is 1. The van der Waals surface area contributed by atoms with Gasteiger partial charge >= 0.3 is 45.6 Å². The van der Waals surface area contributed by atoms with Gasteiger partial charge in [-0.05, 0) is 38.5 Å². The van der Waals surface area contributed by atoms with Crippen molar-refractivity contribution in [1.82, 2.24) is 0 Å². The molecule has 28 heavy (non-hydrogen) atoms. The van der Waals surface area contributed by atoms with E-state index in [-0.39, 0.29) is 54.8 Å². The minimum atomic E-state index is -3.83. The summed E-state index contributed by atoms with van der Waals surface area (Å²) in [6, 6.07) is 0. The summed E-state index contributed by atoms with van der Waals surface area (Å²) in [4.78, 5) is 11.5. The Kier molecular flexibility index (Phi) is 23.6. The van der Waals surface area contributed by atoms with Gasteiger partial charge in [-0.1, -0.05) is 70.4 Å². The molecule has 0 amide bonds. The second-order valence-electron chi connectivity index (χ2n) is 7.13. The predicted molar refractivity (Wildman–Crippen MR) is 118 cm³/mol. The maximum absolute atomic E-state index is 11.5. The van der Waals surface area contributed by atoms with Crippen LogP contribution in [0.5, 0.6) is 0 Å². The molecular formula is C21H41NaO5S. The molecule has 7 heteroatoms. The van der Waals surface area contributed by atoms with Crippen molar-refractivity contribution in [3.8, 4) is 0 Å². The fraction of sp³-hybridized carbons (Fsp3) is 0.857. The van der Waals surface area contributed by atoms with Gasteiger partial charge in [0, 0.05) is 13.0 Å². The monoisotopic (exact) mass is 428 g/mol. The van der Waals surface area contributed by atoms with Crippen LogP contribution >= 0.6 is 0 Å². The number of rotatable bonds is 19. The van der Waals surface area contributed by atoms with E-state index in [1.54, 1.807) is 0 Å². The van der Waals surface area contributed by atoms with Crippen molar-refractivity contribution >= 4 is 45.6 Å². The van der Waals surface area contributed by atoms with Crippen molar-refractivity contribution in [3.63, 3.8) is 0 Å². The third-order valence-corrected chi connectivity index (χ3v) is 5.64. The summed E-state index contributed by atoms with van der Waals surface area (Å²) in [7, 11) is -3.83. The summed E-state index contributed by atoms with van der Waals surface area (Å²) in [5.41, 5.74) is 0. The quantitative estimate of drug-likeness (QED) is 0.140. The SMILES string of the molecule is CCCCCCCC/C=C\CCCCCCCC(=O)OS(=O)(=O)CCCO.[NaH]. The van der Waals surface area contributed by atoms with Crippen molar-refractivity contribution in [1.29, 1.82) is 0 Å². The molecule has 1 N–H and O–H groups in total. The van der Waals surface area contributed by atoms with E-state index in [1.807, 2.05) is 0 Å². The van der Waals surface area contributed by atoms with E-state index in [0.29, 0.717) is 6.42 Å². The molecule has 0 radical (unpaired) electrons. The van der Waals surface area contributed by atoms with E-state index in [4.69, 9.17) is 5.11 Å². The molecule has 0 spiro atoms. The van der Waals surface area contributed by atoms with Crippen molar-refractivity contribution in [3.05, 3.63) is 12.2 Å². The van der Waals surface area contributed by atoms with Gasteiger partial charge in [0.1, 0.15) is 0 Å². The van der Waals surface area contributed by atoms with Crippen LogP contribution in [0.15, 0.2) is 12.2 Å². The fourth-order valence-electron chi connectivity index (χ4n) is 2.81. The molecule has 0 unspecified atom stereocenters. The fourth-order valence-corrected chi connectivity index (χ4v) is 3.74. The number of carbonyl (C=O) groups is 1. The Labute approximate surface area is 195 Å². The first-order valence-corrected chi connectivity index (χ1v) is 12.3. The molecule has 0 aliphatic carbocycles. The van der Waals surface area contributed by atoms with Gasteiger partial charge in [0.2, 0.25) is 0 Å². The van der Waals surface area contributed by atoms with Crippen LogP contribution in [0.1, 0.15) is 103 Å². The summed E-state index contributed by atoms with van der Waals surface area (Å²) in [6.07, 6.45) is 20.0. The molecule has 0 fully saturated rings. The first kappa shape index (κ1) is 30.3. The van der Waals surface area contributed by atoms with Crippen LogP contribution in [0.2, 0.25) is 0 Å². The van der Waals surface area contributed by atoms with Crippen molar-refractivity contribution in [2.45, 2.75) is 103 Å². The second kappa shape index (κ2) is 21.8. The summed E-state index contributed by atoms with van der Waals surface area (Å²) in [6.45, 7) is 2.01. The topological polar surface area (TPSA) is 80.7 Å². The minimum absolute atomic E-state index is 0. The third-order valence-electron chi connectivity index (χ3n) is 4.42. The van der Waals surface area contributed by atoms with Crippen LogP contribution in [0.3, 0.4) is 0 Å². The molecule has 0 saturated heterocycles. The molecule has 0 aromatic carbocycles. The van der Waals surface area contributed by atoms with Gasteiger partial charge in [0.15, 0.2) is 0 Å². The van der Waals surface area contributed by atoms with Crippen LogP contribution < -0.4 is 0 Å². The summed E-state index contributed by atoms with van der Waals surface area (Å²) >= 11 is 0. The number of allylic oxidation sites excluding steroid dienone is 2. The van der Waals surface area contributed by atoms with Crippen LogP contribution in [0, 0.1) is 0 Å². The maximum atomic E-state index is 11.5. The Morgan fingerprint density at radius 3 is 1.86 bits per heavy atom. The average Bonchev–Trinajstić information content (AvgIpc) is 2.63. The number of aliphatic hydroxyl groups excluding tert-OH is 1. The van der Waals surface area contributed by atoms with Gasteiger partial charge in [-0.15, -0.1) is 0 Å². The third kappa shape index (κ3) is 22.4. The normalized spacial score (nSPS) is 11.5. The van der Waals surface area contributed by atoms with Gasteiger partial charge in [-0.3, -0.25) is 4.79 Å². The number of unbranched alkanes of at least 4 members (excludes halogenated alkanes) is 11. The molecule has 0 bridgehead atoms. The van der Waals surface area contributed by atoms with Crippen LogP contribution in [0.25, 0.3) is 0 Å². The van der Waals surface area contributed by atoms with Crippen molar-refractivity contribution in [2.24, 2.45) is 0 Å². The van der Waals surface area contributed by atoms with Gasteiger partial charge in [-0.25, -0.2) is 0 Å². The van der Waals surface area contributed by atoms with Crippen molar-refractivity contribution in [2.75, 3.05) is 12.4 Å². The van der Waals surface area contributed by atoms with E-state index in [1.165, 1.54) is 44.9 Å². The number of hydrogen-bond acceptors (Lipinski definition) is 5. The number of carbonyl (C=O) groups excluding carboxylic acids is 1. The summed E-state index contributed by atoms with van der Waals surface area (Å²) < 4.78 is 27.3. The Balaban J connectivity index is 0. The van der Waals surface area contributed by atoms with Crippen LogP contribution in [-0.4, -0.2) is 61.4 Å². The summed E-state index contributed by atoms with van der Waals surface area (Å²) in [5, 5.41) is 8.61. The molecular weight excluding hydrogens is 387 g/mol. The zero-order chi connectivity index (χ0) is 20.2. The number of hydrogen-bond donors (Lipinski definition) is 1. The van der Waals surface area contributed by atoms with E-state index < -0.39 is 16.1 Å². The van der Waals surface area contributed by atoms with E-state index in [0.717, 1.165) is 32.1 Å². The molecule has 5 nitrogen and oxygen atoms in total. The molecule has 0 rings (SSSR count). The zero-order valence-corrected chi connectivity index (χ0v) is 18.0. The molecule has 162 valence electrons. The second-order valence-corrected chi connectivity index (χ2v) is 8.82. The molecule has 0 heterocycles. The summed E-state index contributed by atoms with van der Waals surface area (Å²) in [5.74, 6) is -1.01. The predicted octanol–water partition coefficient (Wildman–Crippen LogP) is 4.63. The van der Waals surface area contributed by atoms with Crippen molar-refractivity contribution < 1.29 is 22.5 Å². The zero-order valence-electron chi connectivity index (χ0n) is 17.2.